The fourth-order valence-corrected chi connectivity index (χ4v) is 1.51. The summed E-state index contributed by atoms with van der Waals surface area (Å²) in [5, 5.41) is 9.57. The first kappa shape index (κ1) is 13.8. The smallest absolute Gasteiger partial charge is 0.245 e. The van der Waals surface area contributed by atoms with Gasteiger partial charge in [0.2, 0.25) is 5.91 Å². The molecule has 0 saturated heterocycles. The van der Waals surface area contributed by atoms with Crippen molar-refractivity contribution < 1.29 is 4.79 Å². The molecule has 0 bridgehead atoms. The Morgan fingerprint density at radius 1 is 1.44 bits per heavy atom. The second kappa shape index (κ2) is 7.95. The van der Waals surface area contributed by atoms with Crippen LogP contribution in [-0.4, -0.2) is 24.4 Å². The number of carbonyl (C=O) groups is 1. The number of carbonyl (C=O) groups excluding carboxylic acids is 1. The molecule has 18 heavy (non-hydrogen) atoms. The van der Waals surface area contributed by atoms with E-state index in [1.54, 1.807) is 0 Å². The second-order valence-corrected chi connectivity index (χ2v) is 3.88. The third-order valence-electron chi connectivity index (χ3n) is 2.25. The van der Waals surface area contributed by atoms with Crippen molar-refractivity contribution in [1.82, 2.24) is 5.32 Å². The minimum Gasteiger partial charge on any atom is -0.350 e. The molecule has 1 aromatic carbocycles. The fraction of sp³-hybridized carbons (Fsp3) is 0.214. The number of nitrogens with zero attached hydrogens (tertiary/aromatic N) is 1. The van der Waals surface area contributed by atoms with Crippen LogP contribution in [0, 0.1) is 5.41 Å². The number of aliphatic imine (C=N–C) groups is 1. The van der Waals surface area contributed by atoms with Crippen LogP contribution in [0.2, 0.25) is 0 Å². The molecule has 4 nitrogen and oxygen atoms in total. The Kier molecular flexibility index (Phi) is 6.11. The van der Waals surface area contributed by atoms with E-state index in [9.17, 15) is 4.79 Å². The molecule has 0 fully saturated rings. The Hall–Kier alpha value is -2.23. The van der Waals surface area contributed by atoms with Crippen LogP contribution in [0.5, 0.6) is 0 Å². The van der Waals surface area contributed by atoms with Crippen molar-refractivity contribution in [2.45, 2.75) is 19.4 Å². The molecule has 0 aliphatic rings. The second-order valence-electron chi connectivity index (χ2n) is 3.88. The molecule has 0 heterocycles. The topological polar surface area (TPSA) is 65.3 Å². The average molecular weight is 243 g/mol. The van der Waals surface area contributed by atoms with E-state index >= 15 is 0 Å². The third kappa shape index (κ3) is 5.75. The summed E-state index contributed by atoms with van der Waals surface area (Å²) in [5.74, 6) is -0.180. The van der Waals surface area contributed by atoms with Crippen molar-refractivity contribution in [2.24, 2.45) is 4.99 Å². The van der Waals surface area contributed by atoms with Gasteiger partial charge in [0.1, 0.15) is 0 Å². The highest BCUT2D eigenvalue weighted by Gasteiger charge is 2.05. The number of hydrogen-bond donors (Lipinski definition) is 2. The summed E-state index contributed by atoms with van der Waals surface area (Å²) in [5.41, 5.74) is 1.19. The van der Waals surface area contributed by atoms with Crippen LogP contribution >= 0.6 is 0 Å². The fourth-order valence-electron chi connectivity index (χ4n) is 1.51. The highest BCUT2D eigenvalue weighted by atomic mass is 16.1. The first-order valence-electron chi connectivity index (χ1n) is 5.75. The SMILES string of the molecule is C[C@H](Cc1ccccc1)NC(=O)/C=C/N=C\C=N. The molecule has 1 amide bonds. The summed E-state index contributed by atoms with van der Waals surface area (Å²) in [6, 6.07) is 10.1. The quantitative estimate of drug-likeness (QED) is 0.582. The number of nitrogens with one attached hydrogen (secondary N) is 2. The van der Waals surface area contributed by atoms with Crippen LogP contribution in [0.4, 0.5) is 0 Å². The van der Waals surface area contributed by atoms with Crippen LogP contribution in [0.1, 0.15) is 12.5 Å². The van der Waals surface area contributed by atoms with Gasteiger partial charge in [-0.05, 0) is 18.9 Å². The summed E-state index contributed by atoms with van der Waals surface area (Å²) in [6.45, 7) is 1.96. The molecular formula is C14H17N3O. The van der Waals surface area contributed by atoms with Gasteiger partial charge in [-0.25, -0.2) is 0 Å². The lowest BCUT2D eigenvalue weighted by molar-refractivity contribution is -0.117. The summed E-state index contributed by atoms with van der Waals surface area (Å²) in [7, 11) is 0. The van der Waals surface area contributed by atoms with Gasteiger partial charge in [0.25, 0.3) is 0 Å². The molecule has 0 saturated carbocycles. The van der Waals surface area contributed by atoms with Gasteiger partial charge >= 0.3 is 0 Å². The van der Waals surface area contributed by atoms with E-state index < -0.39 is 0 Å². The van der Waals surface area contributed by atoms with E-state index in [2.05, 4.69) is 10.3 Å². The minimum atomic E-state index is -0.180. The summed E-state index contributed by atoms with van der Waals surface area (Å²) in [6.07, 6.45) is 5.87. The summed E-state index contributed by atoms with van der Waals surface area (Å²) in [4.78, 5) is 15.2. The predicted octanol–water partition coefficient (Wildman–Crippen LogP) is 1.97. The molecule has 1 aromatic rings. The highest BCUT2D eigenvalue weighted by Crippen LogP contribution is 2.02. The van der Waals surface area contributed by atoms with Crippen LogP contribution in [0.3, 0.4) is 0 Å². The zero-order valence-electron chi connectivity index (χ0n) is 10.3. The first-order valence-corrected chi connectivity index (χ1v) is 5.75. The van der Waals surface area contributed by atoms with Gasteiger partial charge in [0.15, 0.2) is 0 Å². The van der Waals surface area contributed by atoms with Crippen molar-refractivity contribution in [1.29, 1.82) is 5.41 Å². The largest absolute Gasteiger partial charge is 0.350 e. The van der Waals surface area contributed by atoms with Crippen molar-refractivity contribution >= 4 is 18.3 Å². The van der Waals surface area contributed by atoms with Crippen molar-refractivity contribution in [3.8, 4) is 0 Å². The molecule has 0 aliphatic heterocycles. The van der Waals surface area contributed by atoms with Gasteiger partial charge in [-0.1, -0.05) is 30.3 Å². The van der Waals surface area contributed by atoms with E-state index in [0.29, 0.717) is 0 Å². The average Bonchev–Trinajstić information content (AvgIpc) is 2.35. The number of hydrogen-bond acceptors (Lipinski definition) is 3. The van der Waals surface area contributed by atoms with Crippen LogP contribution in [0.25, 0.3) is 0 Å². The minimum absolute atomic E-state index is 0.0660. The highest BCUT2D eigenvalue weighted by molar-refractivity contribution is 6.14. The molecule has 2 N–H and O–H groups in total. The Morgan fingerprint density at radius 3 is 2.83 bits per heavy atom. The van der Waals surface area contributed by atoms with Crippen molar-refractivity contribution in [3.05, 3.63) is 48.2 Å². The van der Waals surface area contributed by atoms with Gasteiger partial charge < -0.3 is 10.7 Å². The number of benzene rings is 1. The Bertz CT molecular complexity index is 438. The van der Waals surface area contributed by atoms with E-state index in [1.165, 1.54) is 24.1 Å². The third-order valence-corrected chi connectivity index (χ3v) is 2.25. The van der Waals surface area contributed by atoms with E-state index in [1.807, 2.05) is 37.3 Å². The lowest BCUT2D eigenvalue weighted by Crippen LogP contribution is -2.32. The predicted molar refractivity (Wildman–Crippen MR) is 74.2 cm³/mol. The molecule has 0 radical (unpaired) electrons. The Labute approximate surface area is 107 Å². The maximum atomic E-state index is 11.5. The number of amides is 1. The van der Waals surface area contributed by atoms with E-state index in [4.69, 9.17) is 5.41 Å². The van der Waals surface area contributed by atoms with Gasteiger partial charge in [0.05, 0.1) is 0 Å². The van der Waals surface area contributed by atoms with Crippen molar-refractivity contribution in [2.75, 3.05) is 0 Å². The molecule has 0 aliphatic carbocycles. The lowest BCUT2D eigenvalue weighted by Gasteiger charge is -2.12. The zero-order valence-corrected chi connectivity index (χ0v) is 10.3. The molecule has 94 valence electrons. The standard InChI is InChI=1S/C14H17N3O/c1-12(11-13-5-3-2-4-6-13)17-14(18)7-9-16-10-8-15/h2-10,12,15H,11H2,1H3,(H,17,18)/b9-7+,15-8?,16-10-/t12-/m1/s1. The maximum Gasteiger partial charge on any atom is 0.245 e. The Morgan fingerprint density at radius 2 is 2.17 bits per heavy atom. The van der Waals surface area contributed by atoms with Gasteiger partial charge in [-0.15, -0.1) is 0 Å². The van der Waals surface area contributed by atoms with E-state index in [-0.39, 0.29) is 11.9 Å². The van der Waals surface area contributed by atoms with Crippen molar-refractivity contribution in [3.63, 3.8) is 0 Å². The molecule has 0 unspecified atom stereocenters. The zero-order chi connectivity index (χ0) is 13.2. The first-order chi connectivity index (χ1) is 8.72. The molecule has 1 atom stereocenters. The summed E-state index contributed by atoms with van der Waals surface area (Å²) >= 11 is 0. The van der Waals surface area contributed by atoms with Crippen LogP contribution < -0.4 is 5.32 Å². The Balaban J connectivity index is 2.38. The van der Waals surface area contributed by atoms with Gasteiger partial charge in [0, 0.05) is 30.7 Å². The molecule has 4 heteroatoms. The number of rotatable bonds is 6. The molecule has 0 spiro atoms. The van der Waals surface area contributed by atoms with E-state index in [0.717, 1.165) is 12.6 Å². The van der Waals surface area contributed by atoms with Crippen LogP contribution in [0.15, 0.2) is 47.6 Å². The van der Waals surface area contributed by atoms with Gasteiger partial charge in [-0.3, -0.25) is 9.79 Å². The van der Waals surface area contributed by atoms with Crippen LogP contribution in [-0.2, 0) is 11.2 Å². The van der Waals surface area contributed by atoms with Gasteiger partial charge in [-0.2, -0.15) is 0 Å². The lowest BCUT2D eigenvalue weighted by atomic mass is 10.1. The monoisotopic (exact) mass is 243 g/mol. The summed E-state index contributed by atoms with van der Waals surface area (Å²) < 4.78 is 0. The molecule has 0 aromatic heterocycles. The molecule has 1 rings (SSSR count). The maximum absolute atomic E-state index is 11.5. The molecular weight excluding hydrogens is 226 g/mol. The normalized spacial score (nSPS) is 12.7.